The van der Waals surface area contributed by atoms with Gasteiger partial charge in [-0.15, -0.1) is 0 Å². The van der Waals surface area contributed by atoms with Gasteiger partial charge in [0.25, 0.3) is 0 Å². The van der Waals surface area contributed by atoms with E-state index in [0.29, 0.717) is 0 Å². The average Bonchev–Trinajstić information content (AvgIpc) is 2.71. The summed E-state index contributed by atoms with van der Waals surface area (Å²) in [5.41, 5.74) is 2.71. The van der Waals surface area contributed by atoms with E-state index >= 15 is 0 Å². The highest BCUT2D eigenvalue weighted by atomic mass is 31.1. The van der Waals surface area contributed by atoms with E-state index in [1.165, 1.54) is 36.4 Å². The number of benzene rings is 3. The van der Waals surface area contributed by atoms with E-state index in [1.54, 1.807) is 36.4 Å². The highest BCUT2D eigenvalue weighted by molar-refractivity contribution is 7.67. The normalized spacial score (nSPS) is 12.0. The van der Waals surface area contributed by atoms with Crippen molar-refractivity contribution in [1.82, 2.24) is 0 Å². The first-order valence-electron chi connectivity index (χ1n) is 8.67. The number of halogens is 3. The van der Waals surface area contributed by atoms with Gasteiger partial charge in [0, 0.05) is 0 Å². The molecule has 28 heavy (non-hydrogen) atoms. The summed E-state index contributed by atoms with van der Waals surface area (Å²) in [5.74, 6) is 5.32. The van der Waals surface area contributed by atoms with E-state index in [9.17, 15) is 13.2 Å². The first kappa shape index (κ1) is 19.9. The number of hydrogen-bond acceptors (Lipinski definition) is 0. The molecule has 4 heteroatoms. The molecule has 3 rings (SSSR count). The molecule has 140 valence electrons. The Morgan fingerprint density at radius 2 is 0.679 bits per heavy atom. The van der Waals surface area contributed by atoms with Gasteiger partial charge < -0.3 is 0 Å². The quantitative estimate of drug-likeness (QED) is 0.373. The molecule has 0 atom stereocenters. The van der Waals surface area contributed by atoms with Gasteiger partial charge in [-0.05, 0) is 61.0 Å². The standard InChI is InChI=1S/C24H18F3P/c25-22-7-1-19(2-8-22)13-16-28(17-14-20-3-9-23(26)10-4-20)18-15-21-5-11-24(27)12-6-21/h1-18H/b16-13-,17-14-,18-15-. The van der Waals surface area contributed by atoms with Crippen LogP contribution in [0.5, 0.6) is 0 Å². The molecule has 0 aliphatic carbocycles. The van der Waals surface area contributed by atoms with E-state index in [-0.39, 0.29) is 17.5 Å². The van der Waals surface area contributed by atoms with Crippen LogP contribution in [0.1, 0.15) is 16.7 Å². The monoisotopic (exact) mass is 394 g/mol. The van der Waals surface area contributed by atoms with E-state index in [1.807, 2.05) is 35.7 Å². The third-order valence-electron chi connectivity index (χ3n) is 3.93. The Balaban J connectivity index is 1.80. The van der Waals surface area contributed by atoms with E-state index < -0.39 is 7.92 Å². The molecule has 0 bridgehead atoms. The van der Waals surface area contributed by atoms with Crippen LogP contribution in [-0.4, -0.2) is 0 Å². The van der Waals surface area contributed by atoms with E-state index in [2.05, 4.69) is 0 Å². The van der Waals surface area contributed by atoms with Crippen molar-refractivity contribution in [2.24, 2.45) is 0 Å². The fourth-order valence-electron chi connectivity index (χ4n) is 2.39. The molecule has 0 spiro atoms. The minimum absolute atomic E-state index is 0.271. The van der Waals surface area contributed by atoms with Gasteiger partial charge in [-0.3, -0.25) is 0 Å². The van der Waals surface area contributed by atoms with Crippen LogP contribution in [0.4, 0.5) is 13.2 Å². The van der Waals surface area contributed by atoms with Crippen LogP contribution in [0.3, 0.4) is 0 Å². The number of hydrogen-bond donors (Lipinski definition) is 0. The lowest BCUT2D eigenvalue weighted by molar-refractivity contribution is 0.627. The summed E-state index contributed by atoms with van der Waals surface area (Å²) in [6.45, 7) is 0. The summed E-state index contributed by atoms with van der Waals surface area (Å²) in [7, 11) is -0.778. The second-order valence-corrected chi connectivity index (χ2v) is 7.84. The van der Waals surface area contributed by atoms with Gasteiger partial charge in [0.1, 0.15) is 17.5 Å². The smallest absolute Gasteiger partial charge is 0.123 e. The molecule has 0 saturated carbocycles. The SMILES string of the molecule is Fc1ccc(/C=C\P(/C=C\c2ccc(F)cc2)/C=C\c2ccc(F)cc2)cc1. The van der Waals surface area contributed by atoms with Gasteiger partial charge in [-0.1, -0.05) is 72.1 Å². The molecule has 0 aromatic heterocycles. The first-order valence-corrected chi connectivity index (χ1v) is 10.2. The zero-order chi connectivity index (χ0) is 19.8. The van der Waals surface area contributed by atoms with E-state index in [4.69, 9.17) is 0 Å². The second kappa shape index (κ2) is 9.87. The van der Waals surface area contributed by atoms with Crippen LogP contribution in [0.15, 0.2) is 90.2 Å². The molecular formula is C24H18F3P. The predicted molar refractivity (Wildman–Crippen MR) is 113 cm³/mol. The molecule has 0 N–H and O–H groups in total. The zero-order valence-corrected chi connectivity index (χ0v) is 15.9. The van der Waals surface area contributed by atoms with Crippen molar-refractivity contribution >= 4 is 26.1 Å². The molecule has 0 heterocycles. The van der Waals surface area contributed by atoms with Crippen LogP contribution in [0, 0.1) is 17.5 Å². The summed E-state index contributed by atoms with van der Waals surface area (Å²) >= 11 is 0. The molecule has 3 aromatic carbocycles. The maximum absolute atomic E-state index is 13.1. The van der Waals surface area contributed by atoms with Crippen molar-refractivity contribution < 1.29 is 13.2 Å². The number of rotatable bonds is 6. The lowest BCUT2D eigenvalue weighted by Crippen LogP contribution is -1.75. The summed E-state index contributed by atoms with van der Waals surface area (Å²) in [6, 6.07) is 18.8. The second-order valence-electron chi connectivity index (χ2n) is 6.05. The molecular weight excluding hydrogens is 376 g/mol. The minimum atomic E-state index is -0.778. The lowest BCUT2D eigenvalue weighted by atomic mass is 10.2. The molecule has 0 amide bonds. The third-order valence-corrected chi connectivity index (χ3v) is 5.41. The van der Waals surface area contributed by atoms with Crippen molar-refractivity contribution in [2.75, 3.05) is 0 Å². The molecule has 0 aliphatic heterocycles. The van der Waals surface area contributed by atoms with Crippen molar-refractivity contribution in [1.29, 1.82) is 0 Å². The summed E-state index contributed by atoms with van der Waals surface area (Å²) in [5, 5.41) is 0. The first-order chi connectivity index (χ1) is 13.6. The summed E-state index contributed by atoms with van der Waals surface area (Å²) in [6.07, 6.45) is 5.82. The van der Waals surface area contributed by atoms with Crippen molar-refractivity contribution in [3.8, 4) is 0 Å². The maximum Gasteiger partial charge on any atom is 0.123 e. The average molecular weight is 394 g/mol. The highest BCUT2D eigenvalue weighted by Crippen LogP contribution is 2.42. The van der Waals surface area contributed by atoms with Gasteiger partial charge in [0.05, 0.1) is 0 Å². The molecule has 0 radical (unpaired) electrons. The fourth-order valence-corrected chi connectivity index (χ4v) is 3.72. The van der Waals surface area contributed by atoms with Gasteiger partial charge in [0.2, 0.25) is 0 Å². The van der Waals surface area contributed by atoms with Crippen LogP contribution in [0.25, 0.3) is 18.2 Å². The predicted octanol–water partition coefficient (Wildman–Crippen LogP) is 7.90. The minimum Gasteiger partial charge on any atom is -0.207 e. The maximum atomic E-state index is 13.1. The fraction of sp³-hybridized carbons (Fsp3) is 0. The Kier molecular flexibility index (Phi) is 7.00. The van der Waals surface area contributed by atoms with Gasteiger partial charge in [0.15, 0.2) is 0 Å². The van der Waals surface area contributed by atoms with Crippen LogP contribution in [-0.2, 0) is 0 Å². The molecule has 0 nitrogen and oxygen atoms in total. The van der Waals surface area contributed by atoms with Crippen LogP contribution >= 0.6 is 7.92 Å². The third kappa shape index (κ3) is 6.37. The Morgan fingerprint density at radius 1 is 0.429 bits per heavy atom. The van der Waals surface area contributed by atoms with Crippen molar-refractivity contribution in [2.45, 2.75) is 0 Å². The van der Waals surface area contributed by atoms with Crippen molar-refractivity contribution in [3.05, 3.63) is 124 Å². The van der Waals surface area contributed by atoms with Gasteiger partial charge in [-0.25, -0.2) is 13.2 Å². The Labute approximate surface area is 164 Å². The Bertz CT molecular complexity index is 838. The topological polar surface area (TPSA) is 0 Å². The van der Waals surface area contributed by atoms with Gasteiger partial charge >= 0.3 is 0 Å². The Hall–Kier alpha value is -2.90. The molecule has 3 aromatic rings. The van der Waals surface area contributed by atoms with Crippen molar-refractivity contribution in [3.63, 3.8) is 0 Å². The highest BCUT2D eigenvalue weighted by Gasteiger charge is 1.97. The zero-order valence-electron chi connectivity index (χ0n) is 15.0. The van der Waals surface area contributed by atoms with Crippen LogP contribution in [0.2, 0.25) is 0 Å². The largest absolute Gasteiger partial charge is 0.207 e. The Morgan fingerprint density at radius 3 is 0.929 bits per heavy atom. The lowest BCUT2D eigenvalue weighted by Gasteiger charge is -2.03. The molecule has 0 saturated heterocycles. The van der Waals surface area contributed by atoms with E-state index in [0.717, 1.165) is 16.7 Å². The molecule has 0 fully saturated rings. The summed E-state index contributed by atoms with van der Waals surface area (Å²) < 4.78 is 39.2. The molecule has 0 unspecified atom stereocenters. The van der Waals surface area contributed by atoms with Crippen LogP contribution < -0.4 is 0 Å². The summed E-state index contributed by atoms with van der Waals surface area (Å²) in [4.78, 5) is 0. The molecule has 0 aliphatic rings. The van der Waals surface area contributed by atoms with Gasteiger partial charge in [-0.2, -0.15) is 0 Å².